The van der Waals surface area contributed by atoms with Crippen LogP contribution in [-0.2, 0) is 28.6 Å². The molecule has 0 bridgehead atoms. The molecule has 0 aromatic heterocycles. The number of hydrogen-bond donors (Lipinski definition) is 1. The molecule has 51 heavy (non-hydrogen) atoms. The molecule has 0 aromatic carbocycles. The molecule has 0 amide bonds. The number of unbranched alkanes of at least 4 members (excludes halogenated alkanes) is 16. The lowest BCUT2D eigenvalue weighted by molar-refractivity contribution is -0.887. The van der Waals surface area contributed by atoms with Crippen molar-refractivity contribution in [1.82, 2.24) is 0 Å². The van der Waals surface area contributed by atoms with Gasteiger partial charge in [-0.05, 0) is 57.8 Å². The normalized spacial score (nSPS) is 13.4. The molecule has 0 radical (unpaired) electrons. The van der Waals surface area contributed by atoms with Crippen LogP contribution in [0, 0.1) is 0 Å². The molecule has 0 rings (SSSR count). The average Bonchev–Trinajstić information content (AvgIpc) is 3.08. The van der Waals surface area contributed by atoms with E-state index in [1.54, 1.807) is 0 Å². The van der Waals surface area contributed by atoms with Crippen molar-refractivity contribution < 1.29 is 38.2 Å². The minimum atomic E-state index is -0.885. The number of esters is 2. The van der Waals surface area contributed by atoms with Gasteiger partial charge in [0.15, 0.2) is 12.1 Å². The van der Waals surface area contributed by atoms with Crippen LogP contribution >= 0.6 is 0 Å². The summed E-state index contributed by atoms with van der Waals surface area (Å²) in [6, 6.07) is -0.624. The van der Waals surface area contributed by atoms with Crippen molar-refractivity contribution in [2.24, 2.45) is 0 Å². The zero-order valence-electron chi connectivity index (χ0n) is 33.6. The molecule has 0 fully saturated rings. The number of carboxylic acids is 1. The Bertz CT molecular complexity index is 937. The van der Waals surface area contributed by atoms with Crippen molar-refractivity contribution in [3.8, 4) is 0 Å². The number of carboxylic acid groups (broad SMARTS) is 1. The Hall–Kier alpha value is -2.45. The molecule has 0 aliphatic carbocycles. The van der Waals surface area contributed by atoms with E-state index < -0.39 is 18.1 Å². The molecule has 0 aromatic rings. The number of hydrogen-bond acceptors (Lipinski definition) is 6. The van der Waals surface area contributed by atoms with Gasteiger partial charge in [0.2, 0.25) is 0 Å². The summed E-state index contributed by atoms with van der Waals surface area (Å²) in [5.74, 6) is -1.57. The third-order valence-corrected chi connectivity index (χ3v) is 9.03. The first-order chi connectivity index (χ1) is 24.6. The van der Waals surface area contributed by atoms with Crippen LogP contribution in [0.25, 0.3) is 0 Å². The Morgan fingerprint density at radius 2 is 1.08 bits per heavy atom. The quantitative estimate of drug-likeness (QED) is 0.0298. The van der Waals surface area contributed by atoms with E-state index in [0.29, 0.717) is 19.3 Å². The molecule has 2 atom stereocenters. The lowest BCUT2D eigenvalue weighted by atomic mass is 10.1. The van der Waals surface area contributed by atoms with E-state index in [0.717, 1.165) is 44.9 Å². The van der Waals surface area contributed by atoms with Crippen molar-refractivity contribution in [2.45, 2.75) is 180 Å². The minimum Gasteiger partial charge on any atom is -0.477 e. The highest BCUT2D eigenvalue weighted by molar-refractivity contribution is 5.72. The smallest absolute Gasteiger partial charge is 0.362 e. The summed E-state index contributed by atoms with van der Waals surface area (Å²) >= 11 is 0. The Morgan fingerprint density at radius 3 is 1.61 bits per heavy atom. The van der Waals surface area contributed by atoms with E-state index in [1.807, 2.05) is 27.2 Å². The molecule has 0 aliphatic heterocycles. The fourth-order valence-corrected chi connectivity index (χ4v) is 5.78. The van der Waals surface area contributed by atoms with Crippen LogP contribution in [0.5, 0.6) is 0 Å². The molecule has 8 nitrogen and oxygen atoms in total. The number of quaternary nitrogens is 1. The van der Waals surface area contributed by atoms with E-state index >= 15 is 0 Å². The van der Waals surface area contributed by atoms with Crippen molar-refractivity contribution in [2.75, 3.05) is 41.0 Å². The molecule has 0 aliphatic rings. The standard InChI is InChI=1S/C43H77NO7/c1-6-8-10-12-14-16-18-20-22-23-25-27-29-31-33-41(45)50-38-39(37-49-36-35-40(43(47)48)44(3,4)5)51-42(46)34-32-30-28-26-24-21-19-17-15-13-11-9-7-2/h21-24,28,30,39-40H,6-20,25-27,29,31-38H2,1-5H3/p+1/b23-22+,24-21+,30-28+. The molecular formula is C43H78NO7+. The van der Waals surface area contributed by atoms with Gasteiger partial charge >= 0.3 is 17.9 Å². The highest BCUT2D eigenvalue weighted by Gasteiger charge is 2.31. The lowest BCUT2D eigenvalue weighted by Crippen LogP contribution is -2.50. The Balaban J connectivity index is 4.49. The van der Waals surface area contributed by atoms with Gasteiger partial charge in [-0.25, -0.2) is 4.79 Å². The largest absolute Gasteiger partial charge is 0.477 e. The number of carbonyl (C=O) groups is 3. The van der Waals surface area contributed by atoms with Crippen LogP contribution in [0.3, 0.4) is 0 Å². The summed E-state index contributed by atoms with van der Waals surface area (Å²) in [6.45, 7) is 4.63. The maximum Gasteiger partial charge on any atom is 0.362 e. The molecule has 0 saturated heterocycles. The first-order valence-corrected chi connectivity index (χ1v) is 20.5. The van der Waals surface area contributed by atoms with E-state index in [-0.39, 0.29) is 42.7 Å². The molecule has 2 unspecified atom stereocenters. The van der Waals surface area contributed by atoms with E-state index in [4.69, 9.17) is 14.2 Å². The fourth-order valence-electron chi connectivity index (χ4n) is 5.78. The predicted octanol–water partition coefficient (Wildman–Crippen LogP) is 10.7. The van der Waals surface area contributed by atoms with Gasteiger partial charge in [-0.3, -0.25) is 9.59 Å². The molecular weight excluding hydrogens is 642 g/mol. The van der Waals surface area contributed by atoms with Crippen molar-refractivity contribution in [1.29, 1.82) is 0 Å². The highest BCUT2D eigenvalue weighted by Crippen LogP contribution is 2.12. The fraction of sp³-hybridized carbons (Fsp3) is 0.791. The Morgan fingerprint density at radius 1 is 0.588 bits per heavy atom. The van der Waals surface area contributed by atoms with Crippen LogP contribution in [0.4, 0.5) is 0 Å². The first kappa shape index (κ1) is 48.5. The summed E-state index contributed by atoms with van der Waals surface area (Å²) in [5, 5.41) is 9.59. The van der Waals surface area contributed by atoms with Crippen LogP contribution < -0.4 is 0 Å². The van der Waals surface area contributed by atoms with Gasteiger partial charge in [0.05, 0.1) is 34.4 Å². The monoisotopic (exact) mass is 721 g/mol. The van der Waals surface area contributed by atoms with Crippen molar-refractivity contribution >= 4 is 17.9 Å². The van der Waals surface area contributed by atoms with Crippen molar-refractivity contribution in [3.05, 3.63) is 36.5 Å². The topological polar surface area (TPSA) is 99.1 Å². The molecule has 0 spiro atoms. The summed E-state index contributed by atoms with van der Waals surface area (Å²) in [5.41, 5.74) is 0. The van der Waals surface area contributed by atoms with Crippen LogP contribution in [0.15, 0.2) is 36.5 Å². The van der Waals surface area contributed by atoms with Crippen LogP contribution in [-0.4, -0.2) is 80.6 Å². The number of ether oxygens (including phenoxy) is 3. The van der Waals surface area contributed by atoms with E-state index in [2.05, 4.69) is 44.2 Å². The molecule has 8 heteroatoms. The predicted molar refractivity (Wildman–Crippen MR) is 211 cm³/mol. The zero-order chi connectivity index (χ0) is 37.8. The van der Waals surface area contributed by atoms with Gasteiger partial charge in [0.1, 0.15) is 6.61 Å². The van der Waals surface area contributed by atoms with E-state index in [1.165, 1.54) is 83.5 Å². The minimum absolute atomic E-state index is 0.0347. The number of rotatable bonds is 36. The van der Waals surface area contributed by atoms with Gasteiger partial charge in [-0.1, -0.05) is 127 Å². The van der Waals surface area contributed by atoms with Gasteiger partial charge in [-0.15, -0.1) is 0 Å². The summed E-state index contributed by atoms with van der Waals surface area (Å²) in [6.07, 6.45) is 37.7. The third kappa shape index (κ3) is 33.2. The maximum atomic E-state index is 12.6. The summed E-state index contributed by atoms with van der Waals surface area (Å²) in [7, 11) is 5.50. The van der Waals surface area contributed by atoms with E-state index in [9.17, 15) is 19.5 Å². The third-order valence-electron chi connectivity index (χ3n) is 9.03. The van der Waals surface area contributed by atoms with Gasteiger partial charge in [0.25, 0.3) is 0 Å². The maximum absolute atomic E-state index is 12.6. The zero-order valence-corrected chi connectivity index (χ0v) is 33.6. The van der Waals surface area contributed by atoms with Gasteiger partial charge < -0.3 is 23.8 Å². The number of aliphatic carboxylic acids is 1. The second-order valence-corrected chi connectivity index (χ2v) is 14.9. The average molecular weight is 721 g/mol. The Labute approximate surface area is 313 Å². The second kappa shape index (κ2) is 34.6. The van der Waals surface area contributed by atoms with Gasteiger partial charge in [-0.2, -0.15) is 0 Å². The Kier molecular flexibility index (Phi) is 33.0. The van der Waals surface area contributed by atoms with Crippen molar-refractivity contribution in [3.63, 3.8) is 0 Å². The molecule has 0 saturated carbocycles. The summed E-state index contributed by atoms with van der Waals surface area (Å²) in [4.78, 5) is 36.8. The number of allylic oxidation sites excluding steroid dienone is 6. The number of carbonyl (C=O) groups excluding carboxylic acids is 2. The number of likely N-dealkylation sites (N-methyl/N-ethyl adjacent to an activating group) is 1. The van der Waals surface area contributed by atoms with Crippen LogP contribution in [0.2, 0.25) is 0 Å². The van der Waals surface area contributed by atoms with Crippen LogP contribution in [0.1, 0.15) is 168 Å². The number of nitrogens with zero attached hydrogens (tertiary/aromatic N) is 1. The summed E-state index contributed by atoms with van der Waals surface area (Å²) < 4.78 is 17.1. The molecule has 1 N–H and O–H groups in total. The molecule has 296 valence electrons. The molecule has 0 heterocycles. The lowest BCUT2D eigenvalue weighted by Gasteiger charge is -2.31. The second-order valence-electron chi connectivity index (χ2n) is 14.9. The highest BCUT2D eigenvalue weighted by atomic mass is 16.6. The SMILES string of the molecule is CCCCCCCC/C=C/C/C=C/CCC(=O)OC(COCCC(C(=O)O)[N+](C)(C)C)COC(=O)CCCCC/C=C/CCCCCCCCC. The van der Waals surface area contributed by atoms with Gasteiger partial charge in [0, 0.05) is 19.3 Å². The first-order valence-electron chi connectivity index (χ1n) is 20.5.